The minimum Gasteiger partial charge on any atom is -0.398 e. The average molecular weight is 322 g/mol. The van der Waals surface area contributed by atoms with E-state index in [4.69, 9.17) is 5.73 Å². The lowest BCUT2D eigenvalue weighted by Gasteiger charge is -2.10. The van der Waals surface area contributed by atoms with E-state index in [0.29, 0.717) is 12.2 Å². The number of rotatable bonds is 5. The number of nitrogens with two attached hydrogens (primary N) is 1. The van der Waals surface area contributed by atoms with E-state index in [1.54, 1.807) is 19.1 Å². The summed E-state index contributed by atoms with van der Waals surface area (Å²) >= 11 is 1.47. The molecule has 0 aliphatic rings. The lowest BCUT2D eigenvalue weighted by molar-refractivity contribution is 0.583. The number of nitrogen functional groups attached to an aromatic ring is 1. The first kappa shape index (κ1) is 15.9. The summed E-state index contributed by atoms with van der Waals surface area (Å²) in [4.78, 5) is 2.03. The molecule has 2 rings (SSSR count). The maximum atomic E-state index is 12.1. The zero-order chi connectivity index (χ0) is 15.5. The number of hydrogen-bond acceptors (Lipinski definition) is 4. The Morgan fingerprint density at radius 2 is 1.86 bits per heavy atom. The third kappa shape index (κ3) is 3.78. The van der Waals surface area contributed by atoms with E-state index in [1.807, 2.05) is 31.2 Å². The second-order valence-electron chi connectivity index (χ2n) is 4.57. The van der Waals surface area contributed by atoms with Gasteiger partial charge in [-0.2, -0.15) is 0 Å². The van der Waals surface area contributed by atoms with Gasteiger partial charge in [0.15, 0.2) is 0 Å². The molecule has 0 aromatic heterocycles. The Bertz CT molecular complexity index is 743. The number of hydrogen-bond donors (Lipinski definition) is 2. The van der Waals surface area contributed by atoms with Gasteiger partial charge in [-0.15, -0.1) is 0 Å². The zero-order valence-electron chi connectivity index (χ0n) is 12.0. The topological polar surface area (TPSA) is 72.2 Å². The molecule has 0 bridgehead atoms. The van der Waals surface area contributed by atoms with Crippen LogP contribution in [0.3, 0.4) is 0 Å². The van der Waals surface area contributed by atoms with E-state index >= 15 is 0 Å². The van der Waals surface area contributed by atoms with Crippen molar-refractivity contribution < 1.29 is 8.42 Å². The van der Waals surface area contributed by atoms with Gasteiger partial charge in [0.2, 0.25) is 10.0 Å². The molecule has 0 spiro atoms. The lowest BCUT2D eigenvalue weighted by atomic mass is 10.2. The fourth-order valence-corrected chi connectivity index (χ4v) is 3.96. The number of sulfonamides is 1. The first-order valence-corrected chi connectivity index (χ1v) is 8.86. The van der Waals surface area contributed by atoms with Gasteiger partial charge >= 0.3 is 0 Å². The Labute approximate surface area is 129 Å². The Morgan fingerprint density at radius 1 is 1.14 bits per heavy atom. The van der Waals surface area contributed by atoms with Gasteiger partial charge in [0.25, 0.3) is 0 Å². The number of aryl methyl sites for hydroxylation is 1. The van der Waals surface area contributed by atoms with Crippen molar-refractivity contribution in [3.05, 3.63) is 48.0 Å². The lowest BCUT2D eigenvalue weighted by Crippen LogP contribution is -2.23. The summed E-state index contributed by atoms with van der Waals surface area (Å²) in [6, 6.07) is 12.7. The summed E-state index contributed by atoms with van der Waals surface area (Å²) in [5.74, 6) is 0. The van der Waals surface area contributed by atoms with Gasteiger partial charge < -0.3 is 5.73 Å². The number of benzene rings is 2. The van der Waals surface area contributed by atoms with E-state index in [2.05, 4.69) is 4.72 Å². The fraction of sp³-hybridized carbons (Fsp3) is 0.200. The summed E-state index contributed by atoms with van der Waals surface area (Å²) in [5.41, 5.74) is 7.66. The predicted octanol–water partition coefficient (Wildman–Crippen LogP) is 3.03. The molecule has 0 radical (unpaired) electrons. The molecule has 0 saturated carbocycles. The van der Waals surface area contributed by atoms with Crippen molar-refractivity contribution >= 4 is 27.5 Å². The summed E-state index contributed by atoms with van der Waals surface area (Å²) < 4.78 is 26.6. The van der Waals surface area contributed by atoms with Crippen molar-refractivity contribution in [1.29, 1.82) is 0 Å². The van der Waals surface area contributed by atoms with Crippen LogP contribution in [0.15, 0.2) is 57.2 Å². The molecule has 2 aromatic rings. The molecule has 4 nitrogen and oxygen atoms in total. The molecular formula is C15H18N2O2S2. The summed E-state index contributed by atoms with van der Waals surface area (Å²) in [7, 11) is -3.47. The molecule has 0 atom stereocenters. The quantitative estimate of drug-likeness (QED) is 0.830. The molecule has 0 aliphatic heterocycles. The molecule has 0 unspecified atom stereocenters. The third-order valence-electron chi connectivity index (χ3n) is 2.94. The van der Waals surface area contributed by atoms with Crippen LogP contribution in [0.2, 0.25) is 0 Å². The fourth-order valence-electron chi connectivity index (χ4n) is 1.83. The van der Waals surface area contributed by atoms with Gasteiger partial charge in [0.05, 0.1) is 4.90 Å². The van der Waals surface area contributed by atoms with Gasteiger partial charge in [0, 0.05) is 22.0 Å². The standard InChI is InChI=1S/C15H18N2O2S2/c1-3-17-21(18,19)12-8-9-13(16)15(10-12)20-14-7-5-4-6-11(14)2/h4-10,17H,3,16H2,1-2H3. The van der Waals surface area contributed by atoms with Crippen LogP contribution in [0.4, 0.5) is 5.69 Å². The first-order chi connectivity index (χ1) is 9.94. The Morgan fingerprint density at radius 3 is 2.52 bits per heavy atom. The van der Waals surface area contributed by atoms with Crippen LogP contribution in [-0.2, 0) is 10.0 Å². The Balaban J connectivity index is 2.39. The van der Waals surface area contributed by atoms with Gasteiger partial charge in [0.1, 0.15) is 0 Å². The maximum Gasteiger partial charge on any atom is 0.240 e. The third-order valence-corrected chi connectivity index (χ3v) is 5.74. The smallest absolute Gasteiger partial charge is 0.240 e. The van der Waals surface area contributed by atoms with E-state index in [9.17, 15) is 8.42 Å². The van der Waals surface area contributed by atoms with E-state index < -0.39 is 10.0 Å². The van der Waals surface area contributed by atoms with E-state index in [0.717, 1.165) is 15.4 Å². The minimum absolute atomic E-state index is 0.231. The average Bonchev–Trinajstić information content (AvgIpc) is 2.43. The second kappa shape index (κ2) is 6.51. The van der Waals surface area contributed by atoms with Gasteiger partial charge in [-0.3, -0.25) is 0 Å². The highest BCUT2D eigenvalue weighted by Gasteiger charge is 2.15. The molecule has 112 valence electrons. The first-order valence-electron chi connectivity index (χ1n) is 6.56. The molecule has 21 heavy (non-hydrogen) atoms. The number of nitrogens with one attached hydrogen (secondary N) is 1. The van der Waals surface area contributed by atoms with Gasteiger partial charge in [-0.25, -0.2) is 13.1 Å². The molecule has 3 N–H and O–H groups in total. The number of anilines is 1. The molecule has 0 fully saturated rings. The molecule has 0 saturated heterocycles. The summed E-state index contributed by atoms with van der Waals surface area (Å²) in [6.45, 7) is 4.11. The zero-order valence-corrected chi connectivity index (χ0v) is 13.6. The van der Waals surface area contributed by atoms with Crippen molar-refractivity contribution in [3.8, 4) is 0 Å². The maximum absolute atomic E-state index is 12.1. The van der Waals surface area contributed by atoms with E-state index in [-0.39, 0.29) is 4.90 Å². The molecule has 0 heterocycles. The monoisotopic (exact) mass is 322 g/mol. The molecular weight excluding hydrogens is 304 g/mol. The predicted molar refractivity (Wildman–Crippen MR) is 87.0 cm³/mol. The van der Waals surface area contributed by atoms with E-state index in [1.165, 1.54) is 17.8 Å². The summed E-state index contributed by atoms with van der Waals surface area (Å²) in [6.07, 6.45) is 0. The molecule has 2 aromatic carbocycles. The van der Waals surface area contributed by atoms with Gasteiger partial charge in [-0.05, 0) is 36.8 Å². The van der Waals surface area contributed by atoms with Crippen LogP contribution in [0.5, 0.6) is 0 Å². The van der Waals surface area contributed by atoms with Crippen LogP contribution in [-0.4, -0.2) is 15.0 Å². The van der Waals surface area contributed by atoms with Crippen LogP contribution >= 0.6 is 11.8 Å². The van der Waals surface area contributed by atoms with Crippen LogP contribution in [0, 0.1) is 6.92 Å². The van der Waals surface area contributed by atoms with Crippen molar-refractivity contribution in [2.24, 2.45) is 0 Å². The molecule has 0 amide bonds. The normalized spacial score (nSPS) is 11.5. The van der Waals surface area contributed by atoms with Crippen molar-refractivity contribution in [2.45, 2.75) is 28.5 Å². The van der Waals surface area contributed by atoms with Crippen LogP contribution in [0.25, 0.3) is 0 Å². The second-order valence-corrected chi connectivity index (χ2v) is 7.42. The van der Waals surface area contributed by atoms with Crippen molar-refractivity contribution in [2.75, 3.05) is 12.3 Å². The minimum atomic E-state index is -3.47. The summed E-state index contributed by atoms with van der Waals surface area (Å²) in [5, 5.41) is 0. The Hall–Kier alpha value is -1.50. The largest absolute Gasteiger partial charge is 0.398 e. The molecule has 6 heteroatoms. The SMILES string of the molecule is CCNS(=O)(=O)c1ccc(N)c(Sc2ccccc2C)c1. The van der Waals surface area contributed by atoms with Gasteiger partial charge in [-0.1, -0.05) is 36.9 Å². The Kier molecular flexibility index (Phi) is 4.92. The highest BCUT2D eigenvalue weighted by Crippen LogP contribution is 2.35. The van der Waals surface area contributed by atoms with Crippen molar-refractivity contribution in [1.82, 2.24) is 4.72 Å². The van der Waals surface area contributed by atoms with Crippen LogP contribution < -0.4 is 10.5 Å². The van der Waals surface area contributed by atoms with Crippen LogP contribution in [0.1, 0.15) is 12.5 Å². The van der Waals surface area contributed by atoms with Crippen molar-refractivity contribution in [3.63, 3.8) is 0 Å². The highest BCUT2D eigenvalue weighted by molar-refractivity contribution is 7.99. The molecule has 0 aliphatic carbocycles. The highest BCUT2D eigenvalue weighted by atomic mass is 32.2.